The molecule has 0 aliphatic carbocycles. The maximum atomic E-state index is 10.9. The summed E-state index contributed by atoms with van der Waals surface area (Å²) >= 11 is 6.19. The molecule has 0 saturated heterocycles. The van der Waals surface area contributed by atoms with Crippen molar-refractivity contribution in [1.29, 1.82) is 0 Å². The number of carbonyl (C=O) groups is 1. The van der Waals surface area contributed by atoms with Gasteiger partial charge in [0.15, 0.2) is 5.65 Å². The first-order valence-corrected chi connectivity index (χ1v) is 6.54. The van der Waals surface area contributed by atoms with Crippen molar-refractivity contribution in [1.82, 2.24) is 19.5 Å². The molecule has 1 N–H and O–H groups in total. The lowest BCUT2D eigenvalue weighted by molar-refractivity contribution is 0.0697. The molecular formula is C14H11ClN4O2. The van der Waals surface area contributed by atoms with Crippen LogP contribution in [0.2, 0.25) is 5.02 Å². The molecule has 0 aliphatic heterocycles. The van der Waals surface area contributed by atoms with E-state index in [4.69, 9.17) is 16.7 Å². The number of aromatic carboxylic acids is 1. The van der Waals surface area contributed by atoms with E-state index >= 15 is 0 Å². The molecule has 0 atom stereocenters. The maximum absolute atomic E-state index is 10.9. The minimum Gasteiger partial charge on any atom is -0.478 e. The Morgan fingerprint density at radius 3 is 2.76 bits per heavy atom. The molecule has 0 radical (unpaired) electrons. The molecule has 0 fully saturated rings. The Hall–Kier alpha value is -2.47. The Morgan fingerprint density at radius 2 is 2.10 bits per heavy atom. The number of hydrogen-bond acceptors (Lipinski definition) is 4. The normalized spacial score (nSPS) is 11.0. The van der Waals surface area contributed by atoms with Gasteiger partial charge in [0.1, 0.15) is 17.2 Å². The average Bonchev–Trinajstić information content (AvgIpc) is 2.76. The molecule has 3 rings (SSSR count). The summed E-state index contributed by atoms with van der Waals surface area (Å²) in [4.78, 5) is 23.9. The molecule has 1 aromatic carbocycles. The molecule has 2 aromatic heterocycles. The second-order valence-electron chi connectivity index (χ2n) is 4.62. The van der Waals surface area contributed by atoms with Crippen molar-refractivity contribution in [2.75, 3.05) is 0 Å². The van der Waals surface area contributed by atoms with Crippen molar-refractivity contribution in [3.8, 4) is 11.4 Å². The Morgan fingerprint density at radius 1 is 1.33 bits per heavy atom. The summed E-state index contributed by atoms with van der Waals surface area (Å²) in [6.45, 7) is 1.81. The zero-order valence-electron chi connectivity index (χ0n) is 11.3. The summed E-state index contributed by atoms with van der Waals surface area (Å²) in [5.74, 6) is 0.256. The van der Waals surface area contributed by atoms with Crippen molar-refractivity contribution in [3.05, 3.63) is 40.8 Å². The molecule has 0 aliphatic rings. The van der Waals surface area contributed by atoms with E-state index in [1.54, 1.807) is 19.2 Å². The van der Waals surface area contributed by atoms with E-state index < -0.39 is 5.97 Å². The smallest absolute Gasteiger partial charge is 0.335 e. The lowest BCUT2D eigenvalue weighted by Gasteiger charge is -2.05. The van der Waals surface area contributed by atoms with Crippen LogP contribution in [0.25, 0.3) is 22.6 Å². The second kappa shape index (κ2) is 4.82. The molecule has 0 saturated carbocycles. The predicted molar refractivity (Wildman–Crippen MR) is 78.4 cm³/mol. The van der Waals surface area contributed by atoms with Crippen LogP contribution in [0.4, 0.5) is 0 Å². The van der Waals surface area contributed by atoms with Gasteiger partial charge < -0.3 is 9.67 Å². The largest absolute Gasteiger partial charge is 0.478 e. The van der Waals surface area contributed by atoms with Crippen molar-refractivity contribution in [2.45, 2.75) is 6.92 Å². The van der Waals surface area contributed by atoms with E-state index in [1.807, 2.05) is 11.6 Å². The molecule has 2 heterocycles. The van der Waals surface area contributed by atoms with Crippen LogP contribution in [-0.4, -0.2) is 30.6 Å². The minimum atomic E-state index is -1.02. The van der Waals surface area contributed by atoms with Gasteiger partial charge in [-0.25, -0.2) is 19.7 Å². The Balaban J connectivity index is 2.21. The first-order chi connectivity index (χ1) is 9.97. The Bertz CT molecular complexity index is 873. The molecule has 6 nitrogen and oxygen atoms in total. The fraction of sp³-hybridized carbons (Fsp3) is 0.143. The van der Waals surface area contributed by atoms with Crippen LogP contribution in [0.3, 0.4) is 0 Å². The van der Waals surface area contributed by atoms with E-state index in [1.165, 1.54) is 12.1 Å². The van der Waals surface area contributed by atoms with E-state index in [0.29, 0.717) is 33.4 Å². The molecule has 106 valence electrons. The fourth-order valence-electron chi connectivity index (χ4n) is 2.14. The van der Waals surface area contributed by atoms with Gasteiger partial charge in [-0.2, -0.15) is 0 Å². The number of fused-ring (bicyclic) bond motifs is 1. The lowest BCUT2D eigenvalue weighted by atomic mass is 10.1. The van der Waals surface area contributed by atoms with Gasteiger partial charge in [-0.1, -0.05) is 11.6 Å². The number of hydrogen-bond donors (Lipinski definition) is 1. The first kappa shape index (κ1) is 13.5. The van der Waals surface area contributed by atoms with Crippen LogP contribution < -0.4 is 0 Å². The highest BCUT2D eigenvalue weighted by molar-refractivity contribution is 6.33. The van der Waals surface area contributed by atoms with E-state index in [0.717, 1.165) is 0 Å². The van der Waals surface area contributed by atoms with Crippen LogP contribution in [0.1, 0.15) is 16.2 Å². The quantitative estimate of drug-likeness (QED) is 0.787. The summed E-state index contributed by atoms with van der Waals surface area (Å²) in [5, 5.41) is 9.30. The molecule has 0 bridgehead atoms. The fourth-order valence-corrected chi connectivity index (χ4v) is 2.40. The van der Waals surface area contributed by atoms with Gasteiger partial charge in [0.05, 0.1) is 16.8 Å². The zero-order chi connectivity index (χ0) is 15.1. The minimum absolute atomic E-state index is 0.137. The van der Waals surface area contributed by atoms with Crippen molar-refractivity contribution >= 4 is 28.7 Å². The highest BCUT2D eigenvalue weighted by Gasteiger charge is 2.15. The number of nitrogens with zero attached hydrogens (tertiary/aromatic N) is 4. The summed E-state index contributed by atoms with van der Waals surface area (Å²) < 4.78 is 1.81. The number of halogens is 1. The monoisotopic (exact) mass is 302 g/mol. The number of benzene rings is 1. The summed E-state index contributed by atoms with van der Waals surface area (Å²) in [6, 6.07) is 4.56. The molecule has 0 amide bonds. The number of aryl methyl sites for hydroxylation is 2. The van der Waals surface area contributed by atoms with Gasteiger partial charge in [-0.3, -0.25) is 0 Å². The summed E-state index contributed by atoms with van der Waals surface area (Å²) in [6.07, 6.45) is 1.65. The van der Waals surface area contributed by atoms with Gasteiger partial charge in [0.25, 0.3) is 0 Å². The van der Waals surface area contributed by atoms with E-state index in [2.05, 4.69) is 15.0 Å². The highest BCUT2D eigenvalue weighted by atomic mass is 35.5. The number of imidazole rings is 1. The maximum Gasteiger partial charge on any atom is 0.335 e. The third-order valence-electron chi connectivity index (χ3n) is 3.19. The van der Waals surface area contributed by atoms with E-state index in [-0.39, 0.29) is 5.56 Å². The van der Waals surface area contributed by atoms with Crippen LogP contribution in [0.5, 0.6) is 0 Å². The van der Waals surface area contributed by atoms with Crippen LogP contribution in [-0.2, 0) is 7.05 Å². The SMILES string of the molecule is Cc1ncc2nc(-c3ccc(C(=O)O)cc3Cl)n(C)c2n1. The third kappa shape index (κ3) is 2.23. The second-order valence-corrected chi connectivity index (χ2v) is 5.03. The number of carboxylic acid groups (broad SMARTS) is 1. The van der Waals surface area contributed by atoms with Gasteiger partial charge in [0.2, 0.25) is 0 Å². The summed E-state index contributed by atoms with van der Waals surface area (Å²) in [7, 11) is 1.83. The number of rotatable bonds is 2. The molecule has 0 unspecified atom stereocenters. The molecule has 0 spiro atoms. The first-order valence-electron chi connectivity index (χ1n) is 6.16. The average molecular weight is 303 g/mol. The molecule has 3 aromatic rings. The Labute approximate surface area is 125 Å². The van der Waals surface area contributed by atoms with Crippen molar-refractivity contribution in [3.63, 3.8) is 0 Å². The van der Waals surface area contributed by atoms with Gasteiger partial charge in [-0.15, -0.1) is 0 Å². The lowest BCUT2D eigenvalue weighted by Crippen LogP contribution is -1.99. The standard InChI is InChI=1S/C14H11ClN4O2/c1-7-16-6-11-13(17-7)19(2)12(18-11)9-4-3-8(14(20)21)5-10(9)15/h3-6H,1-2H3,(H,20,21). The number of carboxylic acids is 1. The Kier molecular flexibility index (Phi) is 3.10. The number of aromatic nitrogens is 4. The molecule has 21 heavy (non-hydrogen) atoms. The van der Waals surface area contributed by atoms with Crippen molar-refractivity contribution < 1.29 is 9.90 Å². The van der Waals surface area contributed by atoms with Gasteiger partial charge >= 0.3 is 5.97 Å². The van der Waals surface area contributed by atoms with Crippen molar-refractivity contribution in [2.24, 2.45) is 7.05 Å². The van der Waals surface area contributed by atoms with Crippen LogP contribution in [0.15, 0.2) is 24.4 Å². The van der Waals surface area contributed by atoms with Crippen LogP contribution >= 0.6 is 11.6 Å². The summed E-state index contributed by atoms with van der Waals surface area (Å²) in [5.41, 5.74) is 2.16. The predicted octanol–water partition coefficient (Wildman–Crippen LogP) is 2.69. The zero-order valence-corrected chi connectivity index (χ0v) is 12.1. The highest BCUT2D eigenvalue weighted by Crippen LogP contribution is 2.29. The van der Waals surface area contributed by atoms with Crippen LogP contribution in [0, 0.1) is 6.92 Å². The topological polar surface area (TPSA) is 80.9 Å². The third-order valence-corrected chi connectivity index (χ3v) is 3.50. The molecular weight excluding hydrogens is 292 g/mol. The van der Waals surface area contributed by atoms with Gasteiger partial charge in [-0.05, 0) is 25.1 Å². The van der Waals surface area contributed by atoms with E-state index in [9.17, 15) is 4.79 Å². The molecule has 7 heteroatoms. The van der Waals surface area contributed by atoms with Gasteiger partial charge in [0, 0.05) is 12.6 Å².